The molecule has 1 amide bonds. The Kier molecular flexibility index (Phi) is 6.07. The van der Waals surface area contributed by atoms with Crippen LogP contribution in [-0.4, -0.2) is 30.5 Å². The molecule has 29 heavy (non-hydrogen) atoms. The largest absolute Gasteiger partial charge is 0.355 e. The van der Waals surface area contributed by atoms with Crippen LogP contribution in [0.5, 0.6) is 0 Å². The molecule has 6 heteroatoms. The van der Waals surface area contributed by atoms with Gasteiger partial charge in [0.25, 0.3) is 0 Å². The van der Waals surface area contributed by atoms with Gasteiger partial charge in [0, 0.05) is 24.7 Å². The molecule has 1 aliphatic heterocycles. The Morgan fingerprint density at radius 2 is 2.07 bits per heavy atom. The topological polar surface area (TPSA) is 45.2 Å². The molecule has 1 atom stereocenters. The molecule has 0 radical (unpaired) electrons. The molecule has 1 aliphatic rings. The molecule has 0 unspecified atom stereocenters. The van der Waals surface area contributed by atoms with Crippen LogP contribution in [0.3, 0.4) is 0 Å². The number of piperidine rings is 1. The molecule has 0 bridgehead atoms. The van der Waals surface area contributed by atoms with Crippen LogP contribution in [-0.2, 0) is 11.2 Å². The SMILES string of the molecule is Cc1cc(C)c2nc(N3CCC[C@@H](C(=O)NCCc4ccc(Cl)cc4)C3)sc2c1. The third kappa shape index (κ3) is 4.73. The zero-order chi connectivity index (χ0) is 20.4. The lowest BCUT2D eigenvalue weighted by molar-refractivity contribution is -0.125. The number of nitrogens with one attached hydrogen (secondary N) is 1. The van der Waals surface area contributed by atoms with Gasteiger partial charge in [0.05, 0.1) is 16.1 Å². The first-order valence-electron chi connectivity index (χ1n) is 10.1. The summed E-state index contributed by atoms with van der Waals surface area (Å²) in [5.74, 6) is 0.167. The summed E-state index contributed by atoms with van der Waals surface area (Å²) in [5, 5.41) is 4.89. The van der Waals surface area contributed by atoms with E-state index in [9.17, 15) is 4.79 Å². The lowest BCUT2D eigenvalue weighted by atomic mass is 9.97. The van der Waals surface area contributed by atoms with Gasteiger partial charge in [-0.3, -0.25) is 4.79 Å². The van der Waals surface area contributed by atoms with E-state index in [0.29, 0.717) is 6.54 Å². The first-order chi connectivity index (χ1) is 14.0. The molecular weight excluding hydrogens is 402 g/mol. The number of rotatable bonds is 5. The maximum absolute atomic E-state index is 12.7. The van der Waals surface area contributed by atoms with E-state index in [4.69, 9.17) is 16.6 Å². The zero-order valence-electron chi connectivity index (χ0n) is 16.9. The van der Waals surface area contributed by atoms with Crippen molar-refractivity contribution in [1.29, 1.82) is 0 Å². The zero-order valence-corrected chi connectivity index (χ0v) is 18.4. The number of hydrogen-bond acceptors (Lipinski definition) is 4. The first-order valence-corrected chi connectivity index (χ1v) is 11.3. The van der Waals surface area contributed by atoms with Gasteiger partial charge in [-0.2, -0.15) is 0 Å². The smallest absolute Gasteiger partial charge is 0.224 e. The van der Waals surface area contributed by atoms with Gasteiger partial charge in [-0.25, -0.2) is 4.98 Å². The Hall–Kier alpha value is -2.11. The predicted molar refractivity (Wildman–Crippen MR) is 122 cm³/mol. The number of carbonyl (C=O) groups excluding carboxylic acids is 1. The average molecular weight is 428 g/mol. The number of fused-ring (bicyclic) bond motifs is 1. The minimum Gasteiger partial charge on any atom is -0.355 e. The highest BCUT2D eigenvalue weighted by atomic mass is 35.5. The third-order valence-electron chi connectivity index (χ3n) is 5.51. The monoisotopic (exact) mass is 427 g/mol. The summed E-state index contributed by atoms with van der Waals surface area (Å²) in [6.45, 7) is 6.59. The Labute approximate surface area is 180 Å². The summed E-state index contributed by atoms with van der Waals surface area (Å²) in [5.41, 5.74) is 4.75. The quantitative estimate of drug-likeness (QED) is 0.613. The maximum Gasteiger partial charge on any atom is 0.224 e. The van der Waals surface area contributed by atoms with Gasteiger partial charge >= 0.3 is 0 Å². The van der Waals surface area contributed by atoms with Crippen LogP contribution in [0.1, 0.15) is 29.5 Å². The molecule has 1 N–H and O–H groups in total. The van der Waals surface area contributed by atoms with Gasteiger partial charge in [-0.05, 0) is 68.0 Å². The molecule has 4 rings (SSSR count). The third-order valence-corrected chi connectivity index (χ3v) is 6.82. The van der Waals surface area contributed by atoms with Crippen molar-refractivity contribution in [1.82, 2.24) is 10.3 Å². The lowest BCUT2D eigenvalue weighted by Gasteiger charge is -2.31. The van der Waals surface area contributed by atoms with Crippen LogP contribution < -0.4 is 10.2 Å². The van der Waals surface area contributed by atoms with Gasteiger partial charge in [0.1, 0.15) is 0 Å². The Morgan fingerprint density at radius 1 is 1.28 bits per heavy atom. The van der Waals surface area contributed by atoms with Crippen molar-refractivity contribution in [3.8, 4) is 0 Å². The number of benzene rings is 2. The number of thiazole rings is 1. The predicted octanol–water partition coefficient (Wildman–Crippen LogP) is 5.14. The molecule has 0 aliphatic carbocycles. The van der Waals surface area contributed by atoms with E-state index in [0.717, 1.165) is 48.0 Å². The number of halogens is 1. The first kappa shape index (κ1) is 20.2. The average Bonchev–Trinajstić information content (AvgIpc) is 3.14. The Bertz CT molecular complexity index is 1010. The molecule has 1 saturated heterocycles. The summed E-state index contributed by atoms with van der Waals surface area (Å²) >= 11 is 7.66. The molecule has 4 nitrogen and oxygen atoms in total. The summed E-state index contributed by atoms with van der Waals surface area (Å²) in [6, 6.07) is 12.2. The molecule has 0 saturated carbocycles. The van der Waals surface area contributed by atoms with Gasteiger partial charge in [-0.15, -0.1) is 0 Å². The van der Waals surface area contributed by atoms with Crippen molar-refractivity contribution >= 4 is 44.2 Å². The molecular formula is C23H26ClN3OS. The fourth-order valence-corrected chi connectivity index (χ4v) is 5.29. The fourth-order valence-electron chi connectivity index (χ4n) is 3.98. The summed E-state index contributed by atoms with van der Waals surface area (Å²) in [7, 11) is 0. The van der Waals surface area contributed by atoms with E-state index in [1.807, 2.05) is 24.3 Å². The van der Waals surface area contributed by atoms with E-state index in [2.05, 4.69) is 36.2 Å². The van der Waals surface area contributed by atoms with Gasteiger partial charge < -0.3 is 10.2 Å². The van der Waals surface area contributed by atoms with Gasteiger partial charge in [0.15, 0.2) is 5.13 Å². The van der Waals surface area contributed by atoms with Crippen LogP contribution in [0.4, 0.5) is 5.13 Å². The van der Waals surface area contributed by atoms with Crippen molar-refractivity contribution in [3.05, 3.63) is 58.1 Å². The Balaban J connectivity index is 1.37. The minimum atomic E-state index is 0.0174. The highest BCUT2D eigenvalue weighted by molar-refractivity contribution is 7.22. The highest BCUT2D eigenvalue weighted by Gasteiger charge is 2.27. The number of anilines is 1. The number of amides is 1. The van der Waals surface area contributed by atoms with Crippen LogP contribution in [0, 0.1) is 19.8 Å². The summed E-state index contributed by atoms with van der Waals surface area (Å²) in [4.78, 5) is 19.9. The number of hydrogen-bond donors (Lipinski definition) is 1. The molecule has 1 fully saturated rings. The summed E-state index contributed by atoms with van der Waals surface area (Å²) < 4.78 is 1.23. The Morgan fingerprint density at radius 3 is 2.86 bits per heavy atom. The molecule has 1 aromatic heterocycles. The van der Waals surface area contributed by atoms with Gasteiger partial charge in [0.2, 0.25) is 5.91 Å². The summed E-state index contributed by atoms with van der Waals surface area (Å²) in [6.07, 6.45) is 2.77. The lowest BCUT2D eigenvalue weighted by Crippen LogP contribution is -2.43. The molecule has 3 aromatic rings. The second kappa shape index (κ2) is 8.72. The van der Waals surface area contributed by atoms with E-state index >= 15 is 0 Å². The van der Waals surface area contributed by atoms with Crippen molar-refractivity contribution in [3.63, 3.8) is 0 Å². The number of aromatic nitrogens is 1. The second-order valence-corrected chi connectivity index (χ2v) is 9.32. The fraction of sp³-hybridized carbons (Fsp3) is 0.391. The van der Waals surface area contributed by atoms with E-state index in [1.54, 1.807) is 11.3 Å². The number of aryl methyl sites for hydroxylation is 2. The highest BCUT2D eigenvalue weighted by Crippen LogP contribution is 2.33. The van der Waals surface area contributed by atoms with E-state index < -0.39 is 0 Å². The van der Waals surface area contributed by atoms with Crippen molar-refractivity contribution in [2.75, 3.05) is 24.5 Å². The normalized spacial score (nSPS) is 16.9. The maximum atomic E-state index is 12.7. The second-order valence-electron chi connectivity index (χ2n) is 7.88. The number of carbonyl (C=O) groups is 1. The van der Waals surface area contributed by atoms with E-state index in [1.165, 1.54) is 21.4 Å². The standard InChI is InChI=1S/C23H26ClN3OS/c1-15-12-16(2)21-20(13-15)29-23(26-21)27-11-3-4-18(14-27)22(28)25-10-9-17-5-7-19(24)8-6-17/h5-8,12-13,18H,3-4,9-11,14H2,1-2H3,(H,25,28)/t18-/m1/s1. The molecule has 2 aromatic carbocycles. The van der Waals surface area contributed by atoms with Crippen molar-refractivity contribution in [2.24, 2.45) is 5.92 Å². The van der Waals surface area contributed by atoms with Crippen molar-refractivity contribution < 1.29 is 4.79 Å². The molecule has 152 valence electrons. The molecule has 2 heterocycles. The van der Waals surface area contributed by atoms with E-state index in [-0.39, 0.29) is 11.8 Å². The van der Waals surface area contributed by atoms with Gasteiger partial charge in [-0.1, -0.05) is 41.1 Å². The molecule has 0 spiro atoms. The number of nitrogens with zero attached hydrogens (tertiary/aromatic N) is 2. The minimum absolute atomic E-state index is 0.0174. The van der Waals surface area contributed by atoms with Crippen LogP contribution in [0.15, 0.2) is 36.4 Å². The van der Waals surface area contributed by atoms with Crippen molar-refractivity contribution in [2.45, 2.75) is 33.1 Å². The van der Waals surface area contributed by atoms with Crippen LogP contribution in [0.25, 0.3) is 10.2 Å². The van der Waals surface area contributed by atoms with Crippen LogP contribution in [0.2, 0.25) is 5.02 Å². The van der Waals surface area contributed by atoms with Crippen LogP contribution >= 0.6 is 22.9 Å².